The Labute approximate surface area is 91.7 Å². The van der Waals surface area contributed by atoms with Crippen LogP contribution in [0.25, 0.3) is 0 Å². The summed E-state index contributed by atoms with van der Waals surface area (Å²) in [5.74, 6) is -7.75. The topological polar surface area (TPSA) is 63.6 Å². The molecule has 0 aromatic carbocycles. The largest absolute Gasteiger partial charge is 0.478 e. The highest BCUT2D eigenvalue weighted by Gasteiger charge is 2.56. The number of carboxylic acid groups (broad SMARTS) is 1. The number of ether oxygens (including phenoxy) is 1. The monoisotopic (exact) mass is 262 g/mol. The first-order chi connectivity index (χ1) is 7.56. The van der Waals surface area contributed by atoms with Crippen molar-refractivity contribution in [3.8, 4) is 0 Å². The fourth-order valence-corrected chi connectivity index (χ4v) is 0.609. The summed E-state index contributed by atoms with van der Waals surface area (Å²) in [5, 5.41) is 8.06. The summed E-state index contributed by atoms with van der Waals surface area (Å²) in [7, 11) is 0. The van der Waals surface area contributed by atoms with Crippen LogP contribution in [0.2, 0.25) is 0 Å². The minimum absolute atomic E-state index is 0.365. The van der Waals surface area contributed by atoms with Gasteiger partial charge >= 0.3 is 24.0 Å². The van der Waals surface area contributed by atoms with Crippen molar-refractivity contribution in [3.63, 3.8) is 0 Å². The molecule has 0 rings (SSSR count). The summed E-state index contributed by atoms with van der Waals surface area (Å²) in [4.78, 5) is 20.5. The second-order valence-electron chi connectivity index (χ2n) is 2.79. The van der Waals surface area contributed by atoms with Crippen LogP contribution in [0.1, 0.15) is 6.42 Å². The fraction of sp³-hybridized carbons (Fsp3) is 0.500. The van der Waals surface area contributed by atoms with Gasteiger partial charge in [0, 0.05) is 12.2 Å². The number of carboxylic acids is 1. The van der Waals surface area contributed by atoms with E-state index in [1.54, 1.807) is 0 Å². The Morgan fingerprint density at radius 1 is 1.12 bits per heavy atom. The minimum Gasteiger partial charge on any atom is -0.478 e. The molecule has 0 aliphatic heterocycles. The molecular weight excluding hydrogens is 255 g/mol. The summed E-state index contributed by atoms with van der Waals surface area (Å²) >= 11 is 0. The Kier molecular flexibility index (Phi) is 5.05. The van der Waals surface area contributed by atoms with Gasteiger partial charge in [0.2, 0.25) is 0 Å². The SMILES string of the molecule is O=C(O)/C=C/C(=O)OCCC(F)(F)C(F)(F)F. The smallest absolute Gasteiger partial charge is 0.453 e. The number of esters is 1. The highest BCUT2D eigenvalue weighted by Crippen LogP contribution is 2.37. The lowest BCUT2D eigenvalue weighted by Gasteiger charge is -2.18. The van der Waals surface area contributed by atoms with Gasteiger partial charge < -0.3 is 9.84 Å². The van der Waals surface area contributed by atoms with Gasteiger partial charge in [0.25, 0.3) is 0 Å². The third kappa shape index (κ3) is 5.83. The average molecular weight is 262 g/mol. The number of carbonyl (C=O) groups excluding carboxylic acids is 1. The zero-order valence-electron chi connectivity index (χ0n) is 8.13. The summed E-state index contributed by atoms with van der Waals surface area (Å²) in [6, 6.07) is 0. The Hall–Kier alpha value is -1.67. The van der Waals surface area contributed by atoms with Gasteiger partial charge in [-0.15, -0.1) is 0 Å². The van der Waals surface area contributed by atoms with Crippen LogP contribution >= 0.6 is 0 Å². The lowest BCUT2D eigenvalue weighted by atomic mass is 10.2. The van der Waals surface area contributed by atoms with Gasteiger partial charge in [-0.3, -0.25) is 0 Å². The number of alkyl halides is 5. The molecule has 4 nitrogen and oxygen atoms in total. The molecule has 0 aliphatic carbocycles. The van der Waals surface area contributed by atoms with Gasteiger partial charge in [-0.05, 0) is 0 Å². The van der Waals surface area contributed by atoms with E-state index in [4.69, 9.17) is 5.11 Å². The molecule has 0 amide bonds. The molecule has 0 fully saturated rings. The Bertz CT molecular complexity index is 320. The van der Waals surface area contributed by atoms with Crippen molar-refractivity contribution < 1.29 is 41.4 Å². The van der Waals surface area contributed by atoms with Crippen molar-refractivity contribution in [1.29, 1.82) is 0 Å². The molecular formula is C8H7F5O4. The predicted molar refractivity (Wildman–Crippen MR) is 43.4 cm³/mol. The van der Waals surface area contributed by atoms with Crippen molar-refractivity contribution in [3.05, 3.63) is 12.2 Å². The Morgan fingerprint density at radius 2 is 1.65 bits per heavy atom. The molecule has 17 heavy (non-hydrogen) atoms. The highest BCUT2D eigenvalue weighted by molar-refractivity contribution is 5.90. The number of halogens is 5. The van der Waals surface area contributed by atoms with Gasteiger partial charge in [0.05, 0.1) is 13.0 Å². The Morgan fingerprint density at radius 3 is 2.06 bits per heavy atom. The molecule has 0 bridgehead atoms. The van der Waals surface area contributed by atoms with Crippen LogP contribution in [0.15, 0.2) is 12.2 Å². The summed E-state index contributed by atoms with van der Waals surface area (Å²) in [5.41, 5.74) is 0. The second kappa shape index (κ2) is 5.60. The number of hydrogen-bond donors (Lipinski definition) is 1. The number of hydrogen-bond acceptors (Lipinski definition) is 3. The van der Waals surface area contributed by atoms with E-state index in [0.717, 1.165) is 0 Å². The molecule has 0 saturated carbocycles. The first-order valence-corrected chi connectivity index (χ1v) is 4.08. The van der Waals surface area contributed by atoms with Crippen molar-refractivity contribution in [2.75, 3.05) is 6.61 Å². The number of aliphatic carboxylic acids is 1. The van der Waals surface area contributed by atoms with Gasteiger partial charge in [0.1, 0.15) is 0 Å². The van der Waals surface area contributed by atoms with Crippen molar-refractivity contribution in [2.45, 2.75) is 18.5 Å². The molecule has 1 N–H and O–H groups in total. The van der Waals surface area contributed by atoms with Crippen LogP contribution in [0, 0.1) is 0 Å². The zero-order valence-corrected chi connectivity index (χ0v) is 8.13. The van der Waals surface area contributed by atoms with Gasteiger partial charge in [0.15, 0.2) is 0 Å². The zero-order chi connectivity index (χ0) is 13.7. The summed E-state index contributed by atoms with van der Waals surface area (Å²) in [6.07, 6.45) is -6.67. The first kappa shape index (κ1) is 15.3. The lowest BCUT2D eigenvalue weighted by molar-refractivity contribution is -0.286. The minimum atomic E-state index is -5.71. The maximum absolute atomic E-state index is 12.3. The second-order valence-corrected chi connectivity index (χ2v) is 2.79. The maximum Gasteiger partial charge on any atom is 0.453 e. The molecule has 0 saturated heterocycles. The fourth-order valence-electron chi connectivity index (χ4n) is 0.609. The van der Waals surface area contributed by atoms with Crippen LogP contribution in [0.5, 0.6) is 0 Å². The third-order valence-corrected chi connectivity index (χ3v) is 1.44. The third-order valence-electron chi connectivity index (χ3n) is 1.44. The van der Waals surface area contributed by atoms with Crippen LogP contribution in [0.4, 0.5) is 22.0 Å². The summed E-state index contributed by atoms with van der Waals surface area (Å²) in [6.45, 7) is -1.17. The van der Waals surface area contributed by atoms with Crippen LogP contribution in [0.3, 0.4) is 0 Å². The van der Waals surface area contributed by atoms with Crippen LogP contribution in [-0.4, -0.2) is 35.8 Å². The molecule has 0 aromatic heterocycles. The molecule has 0 aliphatic rings. The quantitative estimate of drug-likeness (QED) is 0.466. The van der Waals surface area contributed by atoms with Gasteiger partial charge in [-0.2, -0.15) is 22.0 Å². The highest BCUT2D eigenvalue weighted by atomic mass is 19.4. The van der Waals surface area contributed by atoms with E-state index < -0.39 is 37.1 Å². The van der Waals surface area contributed by atoms with Gasteiger partial charge in [-0.1, -0.05) is 0 Å². The molecule has 0 radical (unpaired) electrons. The van der Waals surface area contributed by atoms with E-state index in [-0.39, 0.29) is 0 Å². The standard InChI is InChI=1S/C8H7F5O4/c9-7(10,8(11,12)13)3-4-17-6(16)2-1-5(14)15/h1-2H,3-4H2,(H,14,15)/b2-1+. The molecule has 0 heterocycles. The predicted octanol–water partition coefficient (Wildman–Crippen LogP) is 1.76. The summed E-state index contributed by atoms with van der Waals surface area (Å²) < 4.78 is 63.4. The molecule has 0 unspecified atom stereocenters. The normalized spacial score (nSPS) is 12.8. The average Bonchev–Trinajstić information content (AvgIpc) is 2.12. The van der Waals surface area contributed by atoms with E-state index in [2.05, 4.69) is 4.74 Å². The Balaban J connectivity index is 4.09. The molecule has 98 valence electrons. The number of carbonyl (C=O) groups is 2. The molecule has 0 atom stereocenters. The number of rotatable bonds is 5. The molecule has 0 spiro atoms. The van der Waals surface area contributed by atoms with E-state index in [1.165, 1.54) is 0 Å². The first-order valence-electron chi connectivity index (χ1n) is 4.08. The van der Waals surface area contributed by atoms with Gasteiger partial charge in [-0.25, -0.2) is 9.59 Å². The van der Waals surface area contributed by atoms with Crippen molar-refractivity contribution in [2.24, 2.45) is 0 Å². The van der Waals surface area contributed by atoms with E-state index in [0.29, 0.717) is 12.2 Å². The molecule has 0 aromatic rings. The van der Waals surface area contributed by atoms with E-state index in [9.17, 15) is 31.5 Å². The lowest BCUT2D eigenvalue weighted by Crippen LogP contribution is -2.37. The van der Waals surface area contributed by atoms with Crippen molar-refractivity contribution in [1.82, 2.24) is 0 Å². The maximum atomic E-state index is 12.3. The molecule has 9 heteroatoms. The van der Waals surface area contributed by atoms with Crippen molar-refractivity contribution >= 4 is 11.9 Å². The van der Waals surface area contributed by atoms with Crippen LogP contribution < -0.4 is 0 Å². The van der Waals surface area contributed by atoms with E-state index >= 15 is 0 Å². The van der Waals surface area contributed by atoms with Crippen LogP contribution in [-0.2, 0) is 14.3 Å². The van der Waals surface area contributed by atoms with E-state index in [1.807, 2.05) is 0 Å².